The molecule has 0 unspecified atom stereocenters. The fraction of sp³-hybridized carbons (Fsp3) is 0.0517. The van der Waals surface area contributed by atoms with E-state index in [-0.39, 0.29) is 0 Å². The maximum Gasteiger partial charge on any atom is 0.235 e. The molecule has 5 nitrogen and oxygen atoms in total. The molecule has 294 valence electrons. The molecule has 0 spiro atoms. The van der Waals surface area contributed by atoms with Crippen LogP contribution in [0.15, 0.2) is 188 Å². The highest BCUT2D eigenvalue weighted by molar-refractivity contribution is 6.20. The molecule has 0 amide bonds. The van der Waals surface area contributed by atoms with E-state index in [0.717, 1.165) is 72.3 Å². The van der Waals surface area contributed by atoms with Crippen LogP contribution in [0.4, 0.5) is 0 Å². The normalized spacial score (nSPS) is 13.0. The monoisotopic (exact) mass is 803 g/mol. The van der Waals surface area contributed by atoms with Gasteiger partial charge in [-0.2, -0.15) is 5.26 Å². The Balaban J connectivity index is 1.14. The maximum absolute atomic E-state index is 9.52. The summed E-state index contributed by atoms with van der Waals surface area (Å²) in [7, 11) is 0. The molecule has 0 saturated heterocycles. The standard InChI is InChI=1S/C58H37N5/c1-58(2)49-31-40(36-22-20-35(34-59)21-23-36)25-29-47(49)55-53(58)54(41-26-27-45-44-18-10-11-19-50(44)62(51(45)33-41)42-15-4-3-5-16-42)60-57(61-55)63-52-32-39-14-7-6-13-38(39)30-48(52)46-28-24-37-12-8-9-17-43(37)56(46)63/h3-33H,1-2H3. The minimum absolute atomic E-state index is 0.452. The molecule has 0 saturated carbocycles. The second-order valence-corrected chi connectivity index (χ2v) is 17.3. The Bertz CT molecular complexity index is 3940. The summed E-state index contributed by atoms with van der Waals surface area (Å²) in [5, 5.41) is 19.0. The third-order valence-electron chi connectivity index (χ3n) is 13.5. The summed E-state index contributed by atoms with van der Waals surface area (Å²) in [5.74, 6) is 0.638. The van der Waals surface area contributed by atoms with Gasteiger partial charge in [0, 0.05) is 54.7 Å². The highest BCUT2D eigenvalue weighted by Crippen LogP contribution is 2.53. The Hall–Kier alpha value is -8.33. The maximum atomic E-state index is 9.52. The minimum atomic E-state index is -0.452. The van der Waals surface area contributed by atoms with Crippen molar-refractivity contribution < 1.29 is 0 Å². The molecule has 63 heavy (non-hydrogen) atoms. The lowest BCUT2D eigenvalue weighted by molar-refractivity contribution is 0.657. The topological polar surface area (TPSA) is 59.4 Å². The van der Waals surface area contributed by atoms with E-state index in [1.807, 2.05) is 24.3 Å². The van der Waals surface area contributed by atoms with Crippen LogP contribution in [0.2, 0.25) is 0 Å². The first kappa shape index (κ1) is 35.4. The number of nitrogens with zero attached hydrogens (tertiary/aromatic N) is 5. The molecule has 0 atom stereocenters. The second kappa shape index (κ2) is 13.1. The molecule has 5 heteroatoms. The van der Waals surface area contributed by atoms with E-state index in [9.17, 15) is 5.26 Å². The summed E-state index contributed by atoms with van der Waals surface area (Å²) in [6.45, 7) is 4.62. The molecule has 0 radical (unpaired) electrons. The van der Waals surface area contributed by atoms with Crippen molar-refractivity contribution in [2.75, 3.05) is 0 Å². The molecular formula is C58H37N5. The van der Waals surface area contributed by atoms with Gasteiger partial charge in [-0.25, -0.2) is 9.97 Å². The van der Waals surface area contributed by atoms with Gasteiger partial charge in [0.15, 0.2) is 0 Å². The van der Waals surface area contributed by atoms with Gasteiger partial charge in [0.05, 0.1) is 45.1 Å². The van der Waals surface area contributed by atoms with E-state index < -0.39 is 5.41 Å². The molecule has 9 aromatic carbocycles. The molecule has 0 N–H and O–H groups in total. The first-order chi connectivity index (χ1) is 30.9. The average molecular weight is 804 g/mol. The largest absolute Gasteiger partial charge is 0.309 e. The highest BCUT2D eigenvalue weighted by atomic mass is 15.2. The lowest BCUT2D eigenvalue weighted by Gasteiger charge is -2.24. The summed E-state index contributed by atoms with van der Waals surface area (Å²) in [4.78, 5) is 11.5. The van der Waals surface area contributed by atoms with E-state index in [2.05, 4.69) is 193 Å². The predicted octanol–water partition coefficient (Wildman–Crippen LogP) is 14.5. The summed E-state index contributed by atoms with van der Waals surface area (Å²) in [5.41, 5.74) is 14.2. The smallest absolute Gasteiger partial charge is 0.235 e. The summed E-state index contributed by atoms with van der Waals surface area (Å²) in [6.07, 6.45) is 0. The van der Waals surface area contributed by atoms with Crippen molar-refractivity contribution in [3.05, 3.63) is 205 Å². The van der Waals surface area contributed by atoms with Crippen LogP contribution in [0.25, 0.3) is 110 Å². The van der Waals surface area contributed by atoms with Crippen LogP contribution in [0.1, 0.15) is 30.5 Å². The van der Waals surface area contributed by atoms with Crippen molar-refractivity contribution in [2.24, 2.45) is 0 Å². The molecule has 13 rings (SSSR count). The number of fused-ring (bicyclic) bond motifs is 12. The summed E-state index contributed by atoms with van der Waals surface area (Å²) >= 11 is 0. The zero-order valence-electron chi connectivity index (χ0n) is 34.6. The van der Waals surface area contributed by atoms with Gasteiger partial charge in [-0.3, -0.25) is 4.57 Å². The van der Waals surface area contributed by atoms with Crippen molar-refractivity contribution in [1.82, 2.24) is 19.1 Å². The second-order valence-electron chi connectivity index (χ2n) is 17.3. The molecule has 3 heterocycles. The Labute approximate surface area is 363 Å². The quantitative estimate of drug-likeness (QED) is 0.178. The van der Waals surface area contributed by atoms with Gasteiger partial charge in [0.1, 0.15) is 0 Å². The van der Waals surface area contributed by atoms with Crippen LogP contribution in [0.3, 0.4) is 0 Å². The van der Waals surface area contributed by atoms with E-state index >= 15 is 0 Å². The van der Waals surface area contributed by atoms with Crippen LogP contribution in [0.5, 0.6) is 0 Å². The van der Waals surface area contributed by atoms with Gasteiger partial charge in [-0.1, -0.05) is 147 Å². The van der Waals surface area contributed by atoms with Gasteiger partial charge in [-0.15, -0.1) is 0 Å². The first-order valence-electron chi connectivity index (χ1n) is 21.5. The van der Waals surface area contributed by atoms with Crippen LogP contribution in [-0.2, 0) is 5.41 Å². The zero-order chi connectivity index (χ0) is 42.0. The van der Waals surface area contributed by atoms with Crippen molar-refractivity contribution in [2.45, 2.75) is 19.3 Å². The number of rotatable bonds is 4. The van der Waals surface area contributed by atoms with E-state index in [1.165, 1.54) is 43.3 Å². The predicted molar refractivity (Wildman–Crippen MR) is 259 cm³/mol. The lowest BCUT2D eigenvalue weighted by Crippen LogP contribution is -2.18. The van der Waals surface area contributed by atoms with Crippen molar-refractivity contribution in [1.29, 1.82) is 5.26 Å². The number of hydrogen-bond acceptors (Lipinski definition) is 3. The Morgan fingerprint density at radius 1 is 0.460 bits per heavy atom. The van der Waals surface area contributed by atoms with Crippen LogP contribution in [-0.4, -0.2) is 19.1 Å². The number of para-hydroxylation sites is 2. The molecule has 0 bridgehead atoms. The number of benzene rings is 9. The van der Waals surface area contributed by atoms with Crippen LogP contribution >= 0.6 is 0 Å². The number of hydrogen-bond donors (Lipinski definition) is 0. The molecule has 3 aromatic heterocycles. The number of aromatic nitrogens is 4. The summed E-state index contributed by atoms with van der Waals surface area (Å²) < 4.78 is 4.70. The molecular weight excluding hydrogens is 767 g/mol. The van der Waals surface area contributed by atoms with Gasteiger partial charge >= 0.3 is 0 Å². The molecule has 0 fully saturated rings. The van der Waals surface area contributed by atoms with Crippen molar-refractivity contribution in [3.63, 3.8) is 0 Å². The summed E-state index contributed by atoms with van der Waals surface area (Å²) in [6, 6.07) is 69.4. The highest BCUT2D eigenvalue weighted by Gasteiger charge is 2.41. The fourth-order valence-electron chi connectivity index (χ4n) is 10.5. The average Bonchev–Trinajstić information content (AvgIpc) is 3.92. The van der Waals surface area contributed by atoms with Crippen molar-refractivity contribution >= 4 is 65.2 Å². The van der Waals surface area contributed by atoms with Crippen LogP contribution in [0, 0.1) is 11.3 Å². The Kier molecular flexibility index (Phi) is 7.36. The van der Waals surface area contributed by atoms with Gasteiger partial charge in [-0.05, 0) is 87.4 Å². The first-order valence-corrected chi connectivity index (χ1v) is 21.5. The molecule has 12 aromatic rings. The third kappa shape index (κ3) is 5.10. The fourth-order valence-corrected chi connectivity index (χ4v) is 10.5. The SMILES string of the molecule is CC1(C)c2cc(-c3ccc(C#N)cc3)ccc2-c2nc(-n3c4cc5ccccc5cc4c4ccc5ccccc5c43)nc(-c3ccc4c5ccccc5n(-c5ccccc5)c4c3)c21. The Morgan fingerprint density at radius 3 is 1.90 bits per heavy atom. The molecule has 0 aliphatic heterocycles. The third-order valence-corrected chi connectivity index (χ3v) is 13.5. The van der Waals surface area contributed by atoms with Crippen LogP contribution < -0.4 is 0 Å². The zero-order valence-corrected chi connectivity index (χ0v) is 34.6. The van der Waals surface area contributed by atoms with Crippen molar-refractivity contribution in [3.8, 4) is 51.3 Å². The van der Waals surface area contributed by atoms with Gasteiger partial charge < -0.3 is 4.57 Å². The molecule has 1 aliphatic carbocycles. The minimum Gasteiger partial charge on any atom is -0.309 e. The molecule has 1 aliphatic rings. The van der Waals surface area contributed by atoms with E-state index in [4.69, 9.17) is 9.97 Å². The van der Waals surface area contributed by atoms with Gasteiger partial charge in [0.2, 0.25) is 5.95 Å². The Morgan fingerprint density at radius 2 is 1.10 bits per heavy atom. The lowest BCUT2D eigenvalue weighted by atomic mass is 9.80. The number of nitriles is 1. The van der Waals surface area contributed by atoms with Gasteiger partial charge in [0.25, 0.3) is 0 Å². The van der Waals surface area contributed by atoms with E-state index in [0.29, 0.717) is 11.5 Å². The van der Waals surface area contributed by atoms with E-state index in [1.54, 1.807) is 0 Å².